The minimum absolute atomic E-state index is 0.121. The number of carbonyl (C=O) groups excluding carboxylic acids is 2. The van der Waals surface area contributed by atoms with Gasteiger partial charge in [0.1, 0.15) is 0 Å². The Balaban J connectivity index is 1.62. The Morgan fingerprint density at radius 3 is 2.73 bits per heavy atom. The Bertz CT molecular complexity index is 914. The van der Waals surface area contributed by atoms with Gasteiger partial charge in [0.15, 0.2) is 0 Å². The molecule has 0 atom stereocenters. The molecule has 1 N–H and O–H groups in total. The lowest BCUT2D eigenvalue weighted by Gasteiger charge is -2.07. The van der Waals surface area contributed by atoms with E-state index in [4.69, 9.17) is 0 Å². The Morgan fingerprint density at radius 1 is 1.15 bits per heavy atom. The minimum Gasteiger partial charge on any atom is -0.465 e. The number of aromatic nitrogens is 4. The van der Waals surface area contributed by atoms with Crippen LogP contribution in [0.4, 0.5) is 5.69 Å². The highest BCUT2D eigenvalue weighted by molar-refractivity contribution is 7.99. The summed E-state index contributed by atoms with van der Waals surface area (Å²) in [6, 6.07) is 16.0. The maximum absolute atomic E-state index is 12.2. The van der Waals surface area contributed by atoms with E-state index in [1.54, 1.807) is 28.9 Å². The molecule has 3 rings (SSSR count). The summed E-state index contributed by atoms with van der Waals surface area (Å²) < 4.78 is 6.23. The summed E-state index contributed by atoms with van der Waals surface area (Å²) in [6.45, 7) is 0. The highest BCUT2D eigenvalue weighted by Gasteiger charge is 2.12. The first-order valence-electron chi connectivity index (χ1n) is 7.62. The molecule has 132 valence electrons. The molecule has 0 unspecified atom stereocenters. The lowest BCUT2D eigenvalue weighted by atomic mass is 10.2. The van der Waals surface area contributed by atoms with E-state index in [-0.39, 0.29) is 11.7 Å². The molecule has 0 fully saturated rings. The van der Waals surface area contributed by atoms with Crippen molar-refractivity contribution in [2.45, 2.75) is 5.16 Å². The monoisotopic (exact) mass is 369 g/mol. The van der Waals surface area contributed by atoms with E-state index in [1.165, 1.54) is 18.9 Å². The van der Waals surface area contributed by atoms with E-state index in [1.807, 2.05) is 30.3 Å². The number of hydrogen-bond donors (Lipinski definition) is 1. The molecule has 1 heterocycles. The quantitative estimate of drug-likeness (QED) is 0.525. The predicted octanol–water partition coefficient (Wildman–Crippen LogP) is 2.18. The van der Waals surface area contributed by atoms with Gasteiger partial charge >= 0.3 is 5.97 Å². The van der Waals surface area contributed by atoms with Crippen molar-refractivity contribution in [1.29, 1.82) is 0 Å². The fourth-order valence-electron chi connectivity index (χ4n) is 2.17. The third-order valence-electron chi connectivity index (χ3n) is 3.34. The van der Waals surface area contributed by atoms with Crippen molar-refractivity contribution in [3.05, 3.63) is 60.2 Å². The number of anilines is 1. The third-order valence-corrected chi connectivity index (χ3v) is 4.26. The normalized spacial score (nSPS) is 10.3. The fourth-order valence-corrected chi connectivity index (χ4v) is 2.86. The molecule has 9 heteroatoms. The van der Waals surface area contributed by atoms with Gasteiger partial charge in [-0.25, -0.2) is 4.79 Å². The molecule has 0 aliphatic heterocycles. The second-order valence-corrected chi connectivity index (χ2v) is 6.06. The molecule has 0 spiro atoms. The maximum Gasteiger partial charge on any atom is 0.337 e. The zero-order valence-corrected chi connectivity index (χ0v) is 14.6. The lowest BCUT2D eigenvalue weighted by molar-refractivity contribution is -0.113. The number of esters is 1. The van der Waals surface area contributed by atoms with Crippen LogP contribution in [-0.4, -0.2) is 44.9 Å². The van der Waals surface area contributed by atoms with Crippen LogP contribution in [0.5, 0.6) is 0 Å². The van der Waals surface area contributed by atoms with E-state index in [9.17, 15) is 9.59 Å². The molecule has 8 nitrogen and oxygen atoms in total. The van der Waals surface area contributed by atoms with Gasteiger partial charge in [-0.2, -0.15) is 4.68 Å². The van der Waals surface area contributed by atoms with Crippen molar-refractivity contribution in [3.8, 4) is 5.69 Å². The highest BCUT2D eigenvalue weighted by atomic mass is 32.2. The smallest absolute Gasteiger partial charge is 0.337 e. The lowest BCUT2D eigenvalue weighted by Crippen LogP contribution is -2.15. The molecule has 0 saturated heterocycles. The van der Waals surface area contributed by atoms with Gasteiger partial charge in [-0.1, -0.05) is 36.0 Å². The molecular weight excluding hydrogens is 354 g/mol. The largest absolute Gasteiger partial charge is 0.465 e. The Morgan fingerprint density at radius 2 is 1.96 bits per heavy atom. The second kappa shape index (κ2) is 8.26. The van der Waals surface area contributed by atoms with E-state index < -0.39 is 5.97 Å². The Hall–Kier alpha value is -3.20. The second-order valence-electron chi connectivity index (χ2n) is 5.12. The number of nitrogens with zero attached hydrogens (tertiary/aromatic N) is 4. The predicted molar refractivity (Wildman–Crippen MR) is 96.3 cm³/mol. The number of amides is 1. The first-order chi connectivity index (χ1) is 12.7. The van der Waals surface area contributed by atoms with E-state index >= 15 is 0 Å². The summed E-state index contributed by atoms with van der Waals surface area (Å²) in [6.07, 6.45) is 0. The molecule has 1 aromatic heterocycles. The molecule has 0 saturated carbocycles. The van der Waals surface area contributed by atoms with Crippen LogP contribution < -0.4 is 5.32 Å². The zero-order chi connectivity index (χ0) is 18.4. The van der Waals surface area contributed by atoms with Crippen LogP contribution in [0.25, 0.3) is 5.69 Å². The molecule has 26 heavy (non-hydrogen) atoms. The molecule has 0 radical (unpaired) electrons. The van der Waals surface area contributed by atoms with Gasteiger partial charge in [-0.3, -0.25) is 4.79 Å². The summed E-state index contributed by atoms with van der Waals surface area (Å²) >= 11 is 1.21. The summed E-state index contributed by atoms with van der Waals surface area (Å²) in [5.41, 5.74) is 1.69. The third kappa shape index (κ3) is 4.25. The zero-order valence-electron chi connectivity index (χ0n) is 13.8. The summed E-state index contributed by atoms with van der Waals surface area (Å²) in [4.78, 5) is 23.7. The summed E-state index contributed by atoms with van der Waals surface area (Å²) in [5, 5.41) is 14.8. The van der Waals surface area contributed by atoms with Crippen LogP contribution in [0.2, 0.25) is 0 Å². The van der Waals surface area contributed by atoms with Crippen molar-refractivity contribution >= 4 is 29.3 Å². The van der Waals surface area contributed by atoms with Gasteiger partial charge in [0, 0.05) is 5.69 Å². The highest BCUT2D eigenvalue weighted by Crippen LogP contribution is 2.18. The van der Waals surface area contributed by atoms with Crippen LogP contribution in [0.1, 0.15) is 10.4 Å². The van der Waals surface area contributed by atoms with Crippen molar-refractivity contribution in [2.75, 3.05) is 18.2 Å². The van der Waals surface area contributed by atoms with E-state index in [0.29, 0.717) is 16.4 Å². The van der Waals surface area contributed by atoms with Crippen LogP contribution in [0.15, 0.2) is 59.8 Å². The molecular formula is C17H15N5O3S. The Kier molecular flexibility index (Phi) is 5.59. The van der Waals surface area contributed by atoms with Gasteiger partial charge in [0.2, 0.25) is 11.1 Å². The molecule has 2 aromatic carbocycles. The van der Waals surface area contributed by atoms with Crippen molar-refractivity contribution in [2.24, 2.45) is 0 Å². The van der Waals surface area contributed by atoms with Crippen molar-refractivity contribution in [3.63, 3.8) is 0 Å². The molecule has 0 bridgehead atoms. The number of ether oxygens (including phenoxy) is 1. The SMILES string of the molecule is COC(=O)c1cccc(NC(=O)CSc2nnnn2-c2ccccc2)c1. The number of para-hydroxylation sites is 1. The molecule has 1 amide bonds. The van der Waals surface area contributed by atoms with Gasteiger partial charge in [0.25, 0.3) is 0 Å². The van der Waals surface area contributed by atoms with Crippen molar-refractivity contribution < 1.29 is 14.3 Å². The van der Waals surface area contributed by atoms with Gasteiger partial charge in [0.05, 0.1) is 24.1 Å². The number of carbonyl (C=O) groups is 2. The van der Waals surface area contributed by atoms with E-state index in [0.717, 1.165) is 5.69 Å². The number of benzene rings is 2. The summed E-state index contributed by atoms with van der Waals surface area (Å²) in [7, 11) is 1.31. The van der Waals surface area contributed by atoms with Gasteiger partial charge in [-0.15, -0.1) is 5.10 Å². The number of nitrogens with one attached hydrogen (secondary N) is 1. The number of thioether (sulfide) groups is 1. The summed E-state index contributed by atoms with van der Waals surface area (Å²) in [5.74, 6) is -0.576. The Labute approximate surface area is 153 Å². The number of tetrazole rings is 1. The minimum atomic E-state index is -0.461. The number of hydrogen-bond acceptors (Lipinski definition) is 7. The average molecular weight is 369 g/mol. The van der Waals surface area contributed by atoms with E-state index in [2.05, 4.69) is 25.6 Å². The van der Waals surface area contributed by atoms with Crippen LogP contribution >= 0.6 is 11.8 Å². The van der Waals surface area contributed by atoms with Gasteiger partial charge < -0.3 is 10.1 Å². The van der Waals surface area contributed by atoms with Gasteiger partial charge in [-0.05, 0) is 40.8 Å². The number of rotatable bonds is 6. The first-order valence-corrected chi connectivity index (χ1v) is 8.61. The molecule has 0 aliphatic rings. The first kappa shape index (κ1) is 17.6. The van der Waals surface area contributed by atoms with Crippen LogP contribution in [0.3, 0.4) is 0 Å². The van der Waals surface area contributed by atoms with Crippen molar-refractivity contribution in [1.82, 2.24) is 20.2 Å². The molecule has 0 aliphatic carbocycles. The molecule has 3 aromatic rings. The average Bonchev–Trinajstić information content (AvgIpc) is 3.15. The maximum atomic E-state index is 12.2. The van der Waals surface area contributed by atoms with Crippen LogP contribution in [0, 0.1) is 0 Å². The standard InChI is InChI=1S/C17H15N5O3S/c1-25-16(24)12-6-5-7-13(10-12)18-15(23)11-26-17-19-20-21-22(17)14-8-3-2-4-9-14/h2-10H,11H2,1H3,(H,18,23). The number of methoxy groups -OCH3 is 1. The van der Waals surface area contributed by atoms with Crippen LogP contribution in [-0.2, 0) is 9.53 Å². The topological polar surface area (TPSA) is 99.0 Å². The fraction of sp³-hybridized carbons (Fsp3) is 0.118.